The summed E-state index contributed by atoms with van der Waals surface area (Å²) in [4.78, 5) is 8.70. The lowest BCUT2D eigenvalue weighted by Crippen LogP contribution is -2.23. The Balaban J connectivity index is 1.47. The van der Waals surface area contributed by atoms with Gasteiger partial charge < -0.3 is 16.5 Å². The molecule has 3 aliphatic rings. The molecule has 3 fully saturated rings. The van der Waals surface area contributed by atoms with Crippen LogP contribution in [0.5, 0.6) is 0 Å². The summed E-state index contributed by atoms with van der Waals surface area (Å²) in [5, 5.41) is 11.1. The Morgan fingerprint density at radius 3 is 2.71 bits per heavy atom. The highest BCUT2D eigenvalue weighted by atomic mass is 15.0. The Morgan fingerprint density at radius 2 is 2.04 bits per heavy atom. The van der Waals surface area contributed by atoms with Gasteiger partial charge >= 0.3 is 0 Å². The average molecular weight is 319 g/mol. The van der Waals surface area contributed by atoms with E-state index in [1.54, 1.807) is 6.33 Å². The van der Waals surface area contributed by atoms with Crippen molar-refractivity contribution >= 4 is 17.7 Å². The Morgan fingerprint density at radius 1 is 1.21 bits per heavy atom. The van der Waals surface area contributed by atoms with Crippen LogP contribution in [0.3, 0.4) is 0 Å². The Kier molecular flexibility index (Phi) is 2.72. The SMILES string of the molecule is N=Cc1ccc([C@]2(N)CC23CC3)cc1Nc1cc(C2CC2)ncn1. The third-order valence-electron chi connectivity index (χ3n) is 5.96. The fourth-order valence-electron chi connectivity index (χ4n) is 3.92. The summed E-state index contributed by atoms with van der Waals surface area (Å²) in [5.41, 5.74) is 10.8. The number of nitrogens with one attached hydrogen (secondary N) is 2. The number of hydrogen-bond donors (Lipinski definition) is 3. The van der Waals surface area contributed by atoms with Gasteiger partial charge in [-0.15, -0.1) is 0 Å². The maximum absolute atomic E-state index is 7.67. The molecule has 0 aliphatic heterocycles. The molecule has 5 rings (SSSR count). The molecule has 1 atom stereocenters. The van der Waals surface area contributed by atoms with E-state index < -0.39 is 0 Å². The van der Waals surface area contributed by atoms with E-state index in [0.29, 0.717) is 11.3 Å². The van der Waals surface area contributed by atoms with Gasteiger partial charge in [-0.3, -0.25) is 0 Å². The monoisotopic (exact) mass is 319 g/mol. The quantitative estimate of drug-likeness (QED) is 0.737. The maximum atomic E-state index is 7.67. The van der Waals surface area contributed by atoms with Crippen molar-refractivity contribution in [1.29, 1.82) is 5.41 Å². The van der Waals surface area contributed by atoms with Crippen LogP contribution in [0, 0.1) is 10.8 Å². The molecule has 0 saturated heterocycles. The lowest BCUT2D eigenvalue weighted by Gasteiger charge is -2.16. The molecular formula is C19H21N5. The van der Waals surface area contributed by atoms with Crippen molar-refractivity contribution in [3.05, 3.63) is 47.4 Å². The zero-order valence-electron chi connectivity index (χ0n) is 13.5. The Hall–Kier alpha value is -2.27. The van der Waals surface area contributed by atoms with Gasteiger partial charge in [0, 0.05) is 40.7 Å². The predicted octanol–water partition coefficient (Wildman–Crippen LogP) is 3.43. The molecule has 2 aromatic rings. The molecule has 1 spiro atoms. The van der Waals surface area contributed by atoms with Crippen molar-refractivity contribution in [3.63, 3.8) is 0 Å². The third kappa shape index (κ3) is 2.08. The van der Waals surface area contributed by atoms with Crippen LogP contribution in [0.1, 0.15) is 54.8 Å². The molecule has 122 valence electrons. The van der Waals surface area contributed by atoms with Crippen LogP contribution in [-0.2, 0) is 5.54 Å². The van der Waals surface area contributed by atoms with Gasteiger partial charge in [0.05, 0.1) is 0 Å². The highest BCUT2D eigenvalue weighted by Gasteiger charge is 2.72. The number of nitrogens with zero attached hydrogens (tertiary/aromatic N) is 2. The first-order chi connectivity index (χ1) is 11.6. The maximum Gasteiger partial charge on any atom is 0.134 e. The molecule has 3 aliphatic carbocycles. The second kappa shape index (κ2) is 4.63. The minimum Gasteiger partial charge on any atom is -0.340 e. The number of benzene rings is 1. The van der Waals surface area contributed by atoms with E-state index in [1.807, 2.05) is 12.1 Å². The van der Waals surface area contributed by atoms with Gasteiger partial charge in [0.2, 0.25) is 0 Å². The van der Waals surface area contributed by atoms with E-state index in [9.17, 15) is 0 Å². The van der Waals surface area contributed by atoms with Crippen LogP contribution in [0.25, 0.3) is 0 Å². The minimum atomic E-state index is -0.172. The fourth-order valence-corrected chi connectivity index (χ4v) is 3.92. The zero-order valence-corrected chi connectivity index (χ0v) is 13.5. The summed E-state index contributed by atoms with van der Waals surface area (Å²) in [6, 6.07) is 8.19. The molecule has 0 unspecified atom stereocenters. The van der Waals surface area contributed by atoms with E-state index in [1.165, 1.54) is 37.5 Å². The second-order valence-corrected chi connectivity index (χ2v) is 7.60. The molecule has 1 aromatic heterocycles. The summed E-state index contributed by atoms with van der Waals surface area (Å²) in [7, 11) is 0. The Bertz CT molecular complexity index is 837. The van der Waals surface area contributed by atoms with Crippen LogP contribution in [-0.4, -0.2) is 16.2 Å². The van der Waals surface area contributed by atoms with Gasteiger partial charge in [-0.25, -0.2) is 9.97 Å². The lowest BCUT2D eigenvalue weighted by atomic mass is 9.99. The van der Waals surface area contributed by atoms with Crippen LogP contribution in [0.2, 0.25) is 0 Å². The van der Waals surface area contributed by atoms with Gasteiger partial charge in [-0.2, -0.15) is 0 Å². The number of aromatic nitrogens is 2. The lowest BCUT2D eigenvalue weighted by molar-refractivity contribution is 0.627. The van der Waals surface area contributed by atoms with Gasteiger partial charge in [0.1, 0.15) is 12.1 Å². The van der Waals surface area contributed by atoms with E-state index in [2.05, 4.69) is 27.4 Å². The average Bonchev–Trinajstić information content (AvgIpc) is 3.48. The summed E-state index contributed by atoms with van der Waals surface area (Å²) in [6.07, 6.45) is 9.00. The van der Waals surface area contributed by atoms with Crippen molar-refractivity contribution in [1.82, 2.24) is 9.97 Å². The molecule has 1 heterocycles. The number of hydrogen-bond acceptors (Lipinski definition) is 5. The molecule has 0 radical (unpaired) electrons. The van der Waals surface area contributed by atoms with Gasteiger partial charge in [-0.1, -0.05) is 12.1 Å². The summed E-state index contributed by atoms with van der Waals surface area (Å²) in [6.45, 7) is 0. The van der Waals surface area contributed by atoms with E-state index in [4.69, 9.17) is 11.1 Å². The highest BCUT2D eigenvalue weighted by molar-refractivity contribution is 5.87. The second-order valence-electron chi connectivity index (χ2n) is 7.60. The van der Waals surface area contributed by atoms with E-state index in [-0.39, 0.29) is 5.54 Å². The normalized spacial score (nSPS) is 26.2. The van der Waals surface area contributed by atoms with Gasteiger partial charge in [-0.05, 0) is 49.1 Å². The smallest absolute Gasteiger partial charge is 0.134 e. The van der Waals surface area contributed by atoms with Crippen molar-refractivity contribution < 1.29 is 0 Å². The molecular weight excluding hydrogens is 298 g/mol. The molecule has 1 aromatic carbocycles. The van der Waals surface area contributed by atoms with Crippen molar-refractivity contribution in [2.75, 3.05) is 5.32 Å². The fraction of sp³-hybridized carbons (Fsp3) is 0.421. The van der Waals surface area contributed by atoms with E-state index in [0.717, 1.165) is 29.2 Å². The minimum absolute atomic E-state index is 0.172. The van der Waals surface area contributed by atoms with Gasteiger partial charge in [0.15, 0.2) is 0 Å². The number of rotatable bonds is 5. The van der Waals surface area contributed by atoms with Gasteiger partial charge in [0.25, 0.3) is 0 Å². The zero-order chi connectivity index (χ0) is 16.4. The first kappa shape index (κ1) is 14.1. The van der Waals surface area contributed by atoms with Crippen molar-refractivity contribution in [2.24, 2.45) is 11.1 Å². The number of anilines is 2. The Labute approximate surface area is 141 Å². The first-order valence-corrected chi connectivity index (χ1v) is 8.66. The topological polar surface area (TPSA) is 87.7 Å². The standard InChI is InChI=1S/C19H21N5/c20-9-13-3-4-14(19(21)10-18(19)5-6-18)7-16(13)24-17-8-15(12-1-2-12)22-11-23-17/h3-4,7-9,11-12,20H,1-2,5-6,10,21H2,(H,22,23,24)/t19-/m1/s1. The van der Waals surface area contributed by atoms with E-state index >= 15 is 0 Å². The third-order valence-corrected chi connectivity index (χ3v) is 5.96. The molecule has 0 amide bonds. The first-order valence-electron chi connectivity index (χ1n) is 8.66. The molecule has 24 heavy (non-hydrogen) atoms. The summed E-state index contributed by atoms with van der Waals surface area (Å²) < 4.78 is 0. The van der Waals surface area contributed by atoms with Crippen LogP contribution in [0.15, 0.2) is 30.6 Å². The van der Waals surface area contributed by atoms with Crippen molar-refractivity contribution in [3.8, 4) is 0 Å². The van der Waals surface area contributed by atoms with Crippen LogP contribution >= 0.6 is 0 Å². The molecule has 4 N–H and O–H groups in total. The molecule has 3 saturated carbocycles. The number of nitrogens with two attached hydrogens (primary N) is 1. The highest BCUT2D eigenvalue weighted by Crippen LogP contribution is 2.76. The van der Waals surface area contributed by atoms with Crippen molar-refractivity contribution in [2.45, 2.75) is 43.6 Å². The summed E-state index contributed by atoms with van der Waals surface area (Å²) in [5.74, 6) is 1.38. The van der Waals surface area contributed by atoms with Crippen LogP contribution in [0.4, 0.5) is 11.5 Å². The van der Waals surface area contributed by atoms with Crippen LogP contribution < -0.4 is 11.1 Å². The molecule has 0 bridgehead atoms. The summed E-state index contributed by atoms with van der Waals surface area (Å²) >= 11 is 0. The largest absolute Gasteiger partial charge is 0.340 e. The molecule has 5 heteroatoms. The molecule has 5 nitrogen and oxygen atoms in total. The predicted molar refractivity (Wildman–Crippen MR) is 93.8 cm³/mol.